The maximum Gasteiger partial charge on any atom is 0.310 e. The summed E-state index contributed by atoms with van der Waals surface area (Å²) in [5.74, 6) is 0.722. The van der Waals surface area contributed by atoms with Crippen molar-refractivity contribution in [1.82, 2.24) is 5.32 Å². The van der Waals surface area contributed by atoms with E-state index in [1.807, 2.05) is 0 Å². The minimum absolute atomic E-state index is 0.00326. The van der Waals surface area contributed by atoms with Crippen molar-refractivity contribution in [3.8, 4) is 5.75 Å². The third-order valence-corrected chi connectivity index (χ3v) is 2.68. The van der Waals surface area contributed by atoms with Crippen molar-refractivity contribution < 1.29 is 14.8 Å². The van der Waals surface area contributed by atoms with E-state index in [0.717, 1.165) is 12.1 Å². The second-order valence-electron chi connectivity index (χ2n) is 6.19. The van der Waals surface area contributed by atoms with E-state index in [-0.39, 0.29) is 18.0 Å². The summed E-state index contributed by atoms with van der Waals surface area (Å²) in [7, 11) is 0. The van der Waals surface area contributed by atoms with Crippen LogP contribution in [0.1, 0.15) is 33.3 Å². The molecule has 0 bridgehead atoms. The summed E-state index contributed by atoms with van der Waals surface area (Å²) in [6.07, 6.45) is 0. The van der Waals surface area contributed by atoms with Crippen LogP contribution in [-0.2, 0) is 6.54 Å². The highest BCUT2D eigenvalue weighted by molar-refractivity contribution is 5.48. The minimum atomic E-state index is -1.04. The first kappa shape index (κ1) is 17.4. The lowest BCUT2D eigenvalue weighted by Crippen LogP contribution is -2.28. The molecule has 0 aliphatic rings. The van der Waals surface area contributed by atoms with E-state index in [9.17, 15) is 15.2 Å². The highest BCUT2D eigenvalue weighted by Crippen LogP contribution is 2.28. The maximum atomic E-state index is 11.0. The van der Waals surface area contributed by atoms with Crippen LogP contribution in [0.2, 0.25) is 0 Å². The molecule has 2 N–H and O–H groups in total. The quantitative estimate of drug-likeness (QED) is 0.568. The zero-order chi connectivity index (χ0) is 16.0. The number of ether oxygens (including phenoxy) is 1. The first-order valence-electron chi connectivity index (χ1n) is 7.02. The molecular weight excluding hydrogens is 272 g/mol. The van der Waals surface area contributed by atoms with Crippen molar-refractivity contribution in [2.75, 3.05) is 13.2 Å². The molecule has 0 aliphatic carbocycles. The number of nitro groups is 1. The van der Waals surface area contributed by atoms with E-state index in [1.165, 1.54) is 6.07 Å². The van der Waals surface area contributed by atoms with Crippen LogP contribution in [0.25, 0.3) is 0 Å². The maximum absolute atomic E-state index is 11.0. The van der Waals surface area contributed by atoms with E-state index in [1.54, 1.807) is 26.0 Å². The zero-order valence-electron chi connectivity index (χ0n) is 13.0. The molecule has 0 aromatic heterocycles. The molecular formula is C15H24N2O4. The van der Waals surface area contributed by atoms with Crippen LogP contribution in [-0.4, -0.2) is 28.8 Å². The molecule has 1 aromatic rings. The van der Waals surface area contributed by atoms with E-state index < -0.39 is 10.5 Å². The highest BCUT2D eigenvalue weighted by atomic mass is 16.6. The van der Waals surface area contributed by atoms with Gasteiger partial charge in [0.15, 0.2) is 5.75 Å². The average Bonchev–Trinajstić information content (AvgIpc) is 2.35. The van der Waals surface area contributed by atoms with Gasteiger partial charge in [0.25, 0.3) is 0 Å². The van der Waals surface area contributed by atoms with Crippen LogP contribution in [0, 0.1) is 16.0 Å². The van der Waals surface area contributed by atoms with Gasteiger partial charge in [-0.25, -0.2) is 0 Å². The number of benzene rings is 1. The molecule has 21 heavy (non-hydrogen) atoms. The Bertz CT molecular complexity index is 481. The Balaban J connectivity index is 2.82. The summed E-state index contributed by atoms with van der Waals surface area (Å²) >= 11 is 0. The van der Waals surface area contributed by atoms with Crippen LogP contribution < -0.4 is 10.1 Å². The van der Waals surface area contributed by atoms with Crippen molar-refractivity contribution in [2.45, 2.75) is 39.8 Å². The Morgan fingerprint density at radius 3 is 2.62 bits per heavy atom. The third kappa shape index (κ3) is 6.55. The van der Waals surface area contributed by atoms with Crippen LogP contribution >= 0.6 is 0 Å². The summed E-state index contributed by atoms with van der Waals surface area (Å²) < 4.78 is 5.41. The summed E-state index contributed by atoms with van der Waals surface area (Å²) in [6.45, 7) is 8.89. The molecule has 0 aliphatic heterocycles. The lowest BCUT2D eigenvalue weighted by atomic mass is 10.1. The van der Waals surface area contributed by atoms with Gasteiger partial charge in [0.05, 0.1) is 10.5 Å². The van der Waals surface area contributed by atoms with Gasteiger partial charge in [0, 0.05) is 12.6 Å². The molecule has 0 heterocycles. The second-order valence-corrected chi connectivity index (χ2v) is 6.19. The van der Waals surface area contributed by atoms with E-state index >= 15 is 0 Å². The third-order valence-electron chi connectivity index (χ3n) is 2.68. The van der Waals surface area contributed by atoms with Crippen LogP contribution in [0.15, 0.2) is 18.2 Å². The fourth-order valence-corrected chi connectivity index (χ4v) is 1.69. The average molecular weight is 296 g/mol. The number of nitrogens with zero attached hydrogens (tertiary/aromatic N) is 1. The molecule has 0 amide bonds. The molecule has 1 aromatic carbocycles. The van der Waals surface area contributed by atoms with Crippen molar-refractivity contribution in [2.24, 2.45) is 5.92 Å². The molecule has 0 atom stereocenters. The van der Waals surface area contributed by atoms with Crippen LogP contribution in [0.4, 0.5) is 5.69 Å². The Kier molecular flexibility index (Phi) is 6.11. The molecule has 0 saturated heterocycles. The normalized spacial score (nSPS) is 11.7. The van der Waals surface area contributed by atoms with Gasteiger partial charge in [-0.1, -0.05) is 19.9 Å². The second kappa shape index (κ2) is 7.38. The number of rotatable bonds is 8. The Morgan fingerprint density at radius 1 is 1.43 bits per heavy atom. The summed E-state index contributed by atoms with van der Waals surface area (Å²) in [5, 5.41) is 24.0. The smallest absolute Gasteiger partial charge is 0.310 e. The fraction of sp³-hybridized carbons (Fsp3) is 0.600. The fourth-order valence-electron chi connectivity index (χ4n) is 1.69. The molecule has 0 radical (unpaired) electrons. The number of nitrogens with one attached hydrogen (secondary N) is 1. The number of nitro benzene ring substituents is 1. The summed E-state index contributed by atoms with van der Waals surface area (Å²) in [6, 6.07) is 4.80. The SMILES string of the molecule is CC(C)CNCc1ccc([N+](=O)[O-])c(OCC(C)(C)O)c1. The van der Waals surface area contributed by atoms with E-state index in [2.05, 4.69) is 19.2 Å². The molecule has 118 valence electrons. The molecule has 6 heteroatoms. The lowest BCUT2D eigenvalue weighted by Gasteiger charge is -2.18. The van der Waals surface area contributed by atoms with E-state index in [4.69, 9.17) is 4.74 Å². The highest BCUT2D eigenvalue weighted by Gasteiger charge is 2.19. The summed E-state index contributed by atoms with van der Waals surface area (Å²) in [4.78, 5) is 10.5. The number of hydrogen-bond acceptors (Lipinski definition) is 5. The molecule has 6 nitrogen and oxygen atoms in total. The summed E-state index contributed by atoms with van der Waals surface area (Å²) in [5.41, 5.74) is -0.224. The molecule has 0 spiro atoms. The van der Waals surface area contributed by atoms with Crippen molar-refractivity contribution in [3.05, 3.63) is 33.9 Å². The number of aliphatic hydroxyl groups is 1. The lowest BCUT2D eigenvalue weighted by molar-refractivity contribution is -0.386. The van der Waals surface area contributed by atoms with Crippen LogP contribution in [0.3, 0.4) is 0 Å². The standard InChI is InChI=1S/C15H24N2O4/c1-11(2)8-16-9-12-5-6-13(17(19)20)14(7-12)21-10-15(3,4)18/h5-7,11,16,18H,8-10H2,1-4H3. The van der Waals surface area contributed by atoms with Gasteiger partial charge in [0.2, 0.25) is 0 Å². The van der Waals surface area contributed by atoms with E-state index in [0.29, 0.717) is 12.5 Å². The predicted molar refractivity (Wildman–Crippen MR) is 81.4 cm³/mol. The number of hydrogen-bond donors (Lipinski definition) is 2. The predicted octanol–water partition coefficient (Wildman–Crippen LogP) is 2.49. The van der Waals surface area contributed by atoms with Gasteiger partial charge in [0.1, 0.15) is 6.61 Å². The van der Waals surface area contributed by atoms with Gasteiger partial charge in [-0.05, 0) is 37.9 Å². The molecule has 0 fully saturated rings. The monoisotopic (exact) mass is 296 g/mol. The first-order chi connectivity index (χ1) is 9.69. The van der Waals surface area contributed by atoms with Gasteiger partial charge in [-0.2, -0.15) is 0 Å². The minimum Gasteiger partial charge on any atom is -0.484 e. The largest absolute Gasteiger partial charge is 0.484 e. The molecule has 0 unspecified atom stereocenters. The molecule has 0 saturated carbocycles. The molecule has 1 rings (SSSR count). The Labute approximate surface area is 125 Å². The van der Waals surface area contributed by atoms with Gasteiger partial charge >= 0.3 is 5.69 Å². The van der Waals surface area contributed by atoms with Crippen molar-refractivity contribution in [3.63, 3.8) is 0 Å². The van der Waals surface area contributed by atoms with Gasteiger partial charge in [-0.15, -0.1) is 0 Å². The first-order valence-corrected chi connectivity index (χ1v) is 7.02. The van der Waals surface area contributed by atoms with Gasteiger partial charge in [-0.3, -0.25) is 10.1 Å². The Morgan fingerprint density at radius 2 is 2.10 bits per heavy atom. The zero-order valence-corrected chi connectivity index (χ0v) is 13.0. The van der Waals surface area contributed by atoms with Gasteiger partial charge < -0.3 is 15.2 Å². The van der Waals surface area contributed by atoms with Crippen molar-refractivity contribution in [1.29, 1.82) is 0 Å². The Hall–Kier alpha value is -1.66. The van der Waals surface area contributed by atoms with Crippen molar-refractivity contribution >= 4 is 5.69 Å². The van der Waals surface area contributed by atoms with Crippen LogP contribution in [0.5, 0.6) is 5.75 Å². The topological polar surface area (TPSA) is 84.6 Å².